The van der Waals surface area contributed by atoms with Gasteiger partial charge in [-0.15, -0.1) is 0 Å². The SMILES string of the molecule is N[C@@]1(C(=O)O)C[C@H](CC(=O)Nc2cccc(Cl)c2)C2C1[C@H]2C(=O)O. The van der Waals surface area contributed by atoms with Gasteiger partial charge in [-0.1, -0.05) is 17.7 Å². The minimum atomic E-state index is -1.57. The minimum Gasteiger partial charge on any atom is -0.481 e. The first kappa shape index (κ1) is 16.7. The van der Waals surface area contributed by atoms with Crippen molar-refractivity contribution in [1.29, 1.82) is 0 Å². The number of amides is 1. The average molecular weight is 353 g/mol. The zero-order chi connectivity index (χ0) is 17.6. The second kappa shape index (κ2) is 5.75. The van der Waals surface area contributed by atoms with Crippen molar-refractivity contribution in [3.8, 4) is 0 Å². The summed E-state index contributed by atoms with van der Waals surface area (Å²) in [5.74, 6) is -4.71. The normalized spacial score (nSPS) is 33.6. The van der Waals surface area contributed by atoms with Gasteiger partial charge in [-0.3, -0.25) is 14.4 Å². The first-order valence-electron chi connectivity index (χ1n) is 7.54. The number of carboxylic acid groups (broad SMARTS) is 2. The monoisotopic (exact) mass is 352 g/mol. The standard InChI is InChI=1S/C16H17ClN2O5/c17-8-2-1-3-9(5-8)19-10(20)4-7-6-16(18,15(23)24)13-11(7)12(13)14(21)22/h1-3,5,7,11-13H,4,6,18H2,(H,19,20)(H,21,22)(H,23,24)/t7-,11?,12-,13?,16-/m0/s1. The number of halogens is 1. The molecule has 0 radical (unpaired) electrons. The molecule has 0 aromatic heterocycles. The molecule has 2 saturated carbocycles. The van der Waals surface area contributed by atoms with Crippen molar-refractivity contribution in [2.75, 3.05) is 5.32 Å². The third-order valence-electron chi connectivity index (χ3n) is 5.05. The predicted octanol–water partition coefficient (Wildman–Crippen LogP) is 1.42. The number of carbonyl (C=O) groups is 3. The van der Waals surface area contributed by atoms with Crippen LogP contribution >= 0.6 is 11.6 Å². The molecule has 3 rings (SSSR count). The number of benzene rings is 1. The van der Waals surface area contributed by atoms with Crippen molar-refractivity contribution in [2.24, 2.45) is 29.4 Å². The van der Waals surface area contributed by atoms with Gasteiger partial charge in [-0.2, -0.15) is 0 Å². The summed E-state index contributed by atoms with van der Waals surface area (Å²) < 4.78 is 0. The highest BCUT2D eigenvalue weighted by Crippen LogP contribution is 2.65. The Morgan fingerprint density at radius 2 is 2.04 bits per heavy atom. The van der Waals surface area contributed by atoms with Crippen molar-refractivity contribution in [2.45, 2.75) is 18.4 Å². The molecule has 2 fully saturated rings. The molecule has 0 bridgehead atoms. The third kappa shape index (κ3) is 2.74. The molecule has 0 heterocycles. The third-order valence-corrected chi connectivity index (χ3v) is 5.29. The number of hydrogen-bond donors (Lipinski definition) is 4. The average Bonchev–Trinajstić information content (AvgIpc) is 3.16. The second-order valence-electron chi connectivity index (χ2n) is 6.54. The van der Waals surface area contributed by atoms with Crippen LogP contribution in [0.5, 0.6) is 0 Å². The van der Waals surface area contributed by atoms with Crippen LogP contribution < -0.4 is 11.1 Å². The number of carbonyl (C=O) groups excluding carboxylic acids is 1. The lowest BCUT2D eigenvalue weighted by Gasteiger charge is -2.24. The lowest BCUT2D eigenvalue weighted by atomic mass is 9.86. The van der Waals surface area contributed by atoms with E-state index < -0.39 is 29.3 Å². The molecule has 1 aromatic rings. The number of carboxylic acids is 2. The van der Waals surface area contributed by atoms with Crippen molar-refractivity contribution in [3.05, 3.63) is 29.3 Å². The van der Waals surface area contributed by atoms with Gasteiger partial charge in [0.25, 0.3) is 0 Å². The Labute approximate surface area is 142 Å². The van der Waals surface area contributed by atoms with Crippen LogP contribution in [0.3, 0.4) is 0 Å². The van der Waals surface area contributed by atoms with E-state index in [9.17, 15) is 24.6 Å². The Hall–Kier alpha value is -2.12. The quantitative estimate of drug-likeness (QED) is 0.634. The molecular formula is C16H17ClN2O5. The van der Waals surface area contributed by atoms with Crippen LogP contribution in [0, 0.1) is 23.7 Å². The molecule has 0 spiro atoms. The van der Waals surface area contributed by atoms with E-state index in [1.165, 1.54) is 0 Å². The maximum Gasteiger partial charge on any atom is 0.324 e. The predicted molar refractivity (Wildman–Crippen MR) is 85.5 cm³/mol. The van der Waals surface area contributed by atoms with Gasteiger partial charge in [0.15, 0.2) is 0 Å². The van der Waals surface area contributed by atoms with Crippen LogP contribution in [-0.4, -0.2) is 33.6 Å². The van der Waals surface area contributed by atoms with Crippen LogP contribution in [0.1, 0.15) is 12.8 Å². The van der Waals surface area contributed by atoms with Crippen molar-refractivity contribution < 1.29 is 24.6 Å². The molecule has 1 amide bonds. The summed E-state index contributed by atoms with van der Waals surface area (Å²) in [5, 5.41) is 21.8. The molecule has 2 unspecified atom stereocenters. The number of nitrogens with one attached hydrogen (secondary N) is 1. The number of rotatable bonds is 5. The van der Waals surface area contributed by atoms with Crippen molar-refractivity contribution in [3.63, 3.8) is 0 Å². The molecule has 128 valence electrons. The minimum absolute atomic E-state index is 0.0314. The van der Waals surface area contributed by atoms with Gasteiger partial charge in [0.2, 0.25) is 5.91 Å². The second-order valence-corrected chi connectivity index (χ2v) is 6.98. The highest BCUT2D eigenvalue weighted by Gasteiger charge is 2.73. The van der Waals surface area contributed by atoms with Crippen molar-refractivity contribution in [1.82, 2.24) is 0 Å². The van der Waals surface area contributed by atoms with Gasteiger partial charge in [0.1, 0.15) is 5.54 Å². The number of anilines is 1. The van der Waals surface area contributed by atoms with Crippen molar-refractivity contribution >= 4 is 35.1 Å². The van der Waals surface area contributed by atoms with E-state index >= 15 is 0 Å². The van der Waals surface area contributed by atoms with Gasteiger partial charge in [0, 0.05) is 23.0 Å². The maximum atomic E-state index is 12.2. The Balaban J connectivity index is 1.70. The van der Waals surface area contributed by atoms with E-state index in [1.807, 2.05) is 0 Å². The number of hydrogen-bond acceptors (Lipinski definition) is 4. The summed E-state index contributed by atoms with van der Waals surface area (Å²) in [5.41, 5.74) is 4.90. The van der Waals surface area contributed by atoms with Crippen LogP contribution in [-0.2, 0) is 14.4 Å². The van der Waals surface area contributed by atoms with E-state index in [0.29, 0.717) is 10.7 Å². The number of nitrogens with two attached hydrogens (primary N) is 1. The molecule has 2 aliphatic rings. The van der Waals surface area contributed by atoms with Gasteiger partial charge in [0.05, 0.1) is 5.92 Å². The topological polar surface area (TPSA) is 130 Å². The lowest BCUT2D eigenvalue weighted by molar-refractivity contribution is -0.146. The van der Waals surface area contributed by atoms with Crippen LogP contribution in [0.4, 0.5) is 5.69 Å². The molecular weight excluding hydrogens is 336 g/mol. The Kier molecular flexibility index (Phi) is 4.01. The van der Waals surface area contributed by atoms with Crippen LogP contribution in [0.15, 0.2) is 24.3 Å². The van der Waals surface area contributed by atoms with Crippen LogP contribution in [0.25, 0.3) is 0 Å². The Morgan fingerprint density at radius 1 is 1.33 bits per heavy atom. The molecule has 24 heavy (non-hydrogen) atoms. The fourth-order valence-electron chi connectivity index (χ4n) is 4.06. The zero-order valence-electron chi connectivity index (χ0n) is 12.6. The lowest BCUT2D eigenvalue weighted by Crippen LogP contribution is -2.50. The smallest absolute Gasteiger partial charge is 0.324 e. The molecule has 0 aliphatic heterocycles. The summed E-state index contributed by atoms with van der Waals surface area (Å²) in [7, 11) is 0. The summed E-state index contributed by atoms with van der Waals surface area (Å²) >= 11 is 5.86. The van der Waals surface area contributed by atoms with E-state index in [2.05, 4.69) is 5.32 Å². The van der Waals surface area contributed by atoms with E-state index in [4.69, 9.17) is 17.3 Å². The van der Waals surface area contributed by atoms with Gasteiger partial charge < -0.3 is 21.3 Å². The van der Waals surface area contributed by atoms with Gasteiger partial charge in [-0.25, -0.2) is 0 Å². The molecule has 1 aromatic carbocycles. The zero-order valence-corrected chi connectivity index (χ0v) is 13.4. The fraction of sp³-hybridized carbons (Fsp3) is 0.438. The Bertz CT molecular complexity index is 724. The number of fused-ring (bicyclic) bond motifs is 1. The van der Waals surface area contributed by atoms with E-state index in [-0.39, 0.29) is 30.6 Å². The molecule has 7 nitrogen and oxygen atoms in total. The first-order chi connectivity index (χ1) is 11.2. The summed E-state index contributed by atoms with van der Waals surface area (Å²) in [6.45, 7) is 0. The molecule has 2 aliphatic carbocycles. The van der Waals surface area contributed by atoms with E-state index in [0.717, 1.165) is 0 Å². The fourth-order valence-corrected chi connectivity index (χ4v) is 4.25. The summed E-state index contributed by atoms with van der Waals surface area (Å²) in [6, 6.07) is 6.65. The van der Waals surface area contributed by atoms with Gasteiger partial charge in [-0.05, 0) is 36.5 Å². The molecule has 0 saturated heterocycles. The molecule has 5 atom stereocenters. The summed E-state index contributed by atoms with van der Waals surface area (Å²) in [4.78, 5) is 34.9. The largest absolute Gasteiger partial charge is 0.481 e. The molecule has 5 N–H and O–H groups in total. The number of aliphatic carboxylic acids is 2. The van der Waals surface area contributed by atoms with E-state index in [1.54, 1.807) is 24.3 Å². The highest BCUT2D eigenvalue weighted by molar-refractivity contribution is 6.30. The maximum absolute atomic E-state index is 12.2. The van der Waals surface area contributed by atoms with Crippen LogP contribution in [0.2, 0.25) is 5.02 Å². The molecule has 8 heteroatoms. The van der Waals surface area contributed by atoms with Gasteiger partial charge >= 0.3 is 11.9 Å². The highest BCUT2D eigenvalue weighted by atomic mass is 35.5. The first-order valence-corrected chi connectivity index (χ1v) is 7.92. The Morgan fingerprint density at radius 3 is 2.62 bits per heavy atom. The summed E-state index contributed by atoms with van der Waals surface area (Å²) in [6.07, 6.45) is 0.133.